The summed E-state index contributed by atoms with van der Waals surface area (Å²) in [7, 11) is -3.78. The van der Waals surface area contributed by atoms with Crippen LogP contribution in [0.2, 0.25) is 5.02 Å². The fourth-order valence-electron chi connectivity index (χ4n) is 3.83. The van der Waals surface area contributed by atoms with E-state index in [9.17, 15) is 13.2 Å². The van der Waals surface area contributed by atoms with Crippen molar-refractivity contribution in [3.8, 4) is 5.75 Å². The summed E-state index contributed by atoms with van der Waals surface area (Å²) in [6.45, 7) is 0.642. The fourth-order valence-corrected chi connectivity index (χ4v) is 6.95. The lowest BCUT2D eigenvalue weighted by Crippen LogP contribution is -2.38. The highest BCUT2D eigenvalue weighted by atomic mass is 35.5. The number of hydrogen-bond acceptors (Lipinski definition) is 6. The number of aromatic nitrogens is 1. The second-order valence-electron chi connectivity index (χ2n) is 7.31. The summed E-state index contributed by atoms with van der Waals surface area (Å²) in [5.74, 6) is 0.249. The lowest BCUT2D eigenvalue weighted by Gasteiger charge is -2.31. The number of fused-ring (bicyclic) bond motifs is 2. The number of para-hydroxylation sites is 1. The summed E-state index contributed by atoms with van der Waals surface area (Å²) in [5.41, 5.74) is 1.37. The molecule has 0 spiro atoms. The molecule has 1 saturated heterocycles. The van der Waals surface area contributed by atoms with E-state index in [4.69, 9.17) is 21.3 Å². The zero-order valence-corrected chi connectivity index (χ0v) is 18.2. The average Bonchev–Trinajstić information content (AvgIpc) is 3.17. The van der Waals surface area contributed by atoms with Gasteiger partial charge < -0.3 is 10.1 Å². The van der Waals surface area contributed by atoms with Crippen molar-refractivity contribution in [3.63, 3.8) is 0 Å². The fraction of sp³-hybridized carbons (Fsp3) is 0.300. The Hall–Kier alpha value is -2.20. The standard InChI is InChI=1S/C20H18ClN3O4S2/c21-13-9-15-16(28-11-19(25)22-15)10-18(13)30(26,27)24-7-5-12(6-8-24)20-23-14-3-1-2-4-17(14)29-20/h1-4,9-10,12H,5-8,11H2,(H,22,25). The van der Waals surface area contributed by atoms with Crippen molar-refractivity contribution >= 4 is 54.8 Å². The van der Waals surface area contributed by atoms with Gasteiger partial charge in [0, 0.05) is 25.1 Å². The van der Waals surface area contributed by atoms with E-state index in [1.54, 1.807) is 11.3 Å². The predicted molar refractivity (Wildman–Crippen MR) is 116 cm³/mol. The number of halogens is 1. The summed E-state index contributed by atoms with van der Waals surface area (Å²) in [6, 6.07) is 10.8. The molecule has 1 aromatic heterocycles. The molecule has 1 amide bonds. The Balaban J connectivity index is 1.36. The third-order valence-electron chi connectivity index (χ3n) is 5.40. The van der Waals surface area contributed by atoms with Gasteiger partial charge in [0.15, 0.2) is 6.61 Å². The van der Waals surface area contributed by atoms with Crippen LogP contribution >= 0.6 is 22.9 Å². The van der Waals surface area contributed by atoms with E-state index < -0.39 is 10.0 Å². The second kappa shape index (κ2) is 7.49. The molecule has 0 saturated carbocycles. The number of benzene rings is 2. The lowest BCUT2D eigenvalue weighted by atomic mass is 9.99. The van der Waals surface area contributed by atoms with Crippen LogP contribution in [0, 0.1) is 0 Å². The van der Waals surface area contributed by atoms with Gasteiger partial charge in [0.05, 0.1) is 25.9 Å². The van der Waals surface area contributed by atoms with Crippen molar-refractivity contribution in [2.45, 2.75) is 23.7 Å². The molecule has 2 aliphatic rings. The van der Waals surface area contributed by atoms with Gasteiger partial charge in [0.25, 0.3) is 5.91 Å². The topological polar surface area (TPSA) is 88.6 Å². The van der Waals surface area contributed by atoms with Crippen molar-refractivity contribution in [2.24, 2.45) is 0 Å². The van der Waals surface area contributed by atoms with Crippen LogP contribution in [0.15, 0.2) is 41.3 Å². The number of carbonyl (C=O) groups is 1. The van der Waals surface area contributed by atoms with E-state index >= 15 is 0 Å². The Bertz CT molecular complexity index is 1220. The average molecular weight is 464 g/mol. The molecule has 0 atom stereocenters. The molecule has 30 heavy (non-hydrogen) atoms. The third-order valence-corrected chi connectivity index (χ3v) is 8.96. The molecule has 156 valence electrons. The van der Waals surface area contributed by atoms with E-state index in [2.05, 4.69) is 11.4 Å². The molecule has 1 N–H and O–H groups in total. The number of hydrogen-bond donors (Lipinski definition) is 1. The van der Waals surface area contributed by atoms with Crippen LogP contribution in [0.5, 0.6) is 5.75 Å². The highest BCUT2D eigenvalue weighted by Crippen LogP contribution is 2.39. The minimum atomic E-state index is -3.78. The minimum absolute atomic E-state index is 0.00231. The Labute approximate surface area is 182 Å². The largest absolute Gasteiger partial charge is 0.482 e. The van der Waals surface area contributed by atoms with Crippen molar-refractivity contribution in [1.29, 1.82) is 0 Å². The van der Waals surface area contributed by atoms with Gasteiger partial charge in [0.1, 0.15) is 10.6 Å². The zero-order chi connectivity index (χ0) is 20.9. The van der Waals surface area contributed by atoms with Gasteiger partial charge in [-0.2, -0.15) is 4.31 Å². The maximum absolute atomic E-state index is 13.2. The molecule has 0 bridgehead atoms. The molecule has 7 nitrogen and oxygen atoms in total. The van der Waals surface area contributed by atoms with Gasteiger partial charge in [-0.1, -0.05) is 23.7 Å². The SMILES string of the molecule is O=C1COc2cc(S(=O)(=O)N3CCC(c4nc5ccccc5s4)CC3)c(Cl)cc2N1. The summed E-state index contributed by atoms with van der Waals surface area (Å²) < 4.78 is 34.4. The molecular weight excluding hydrogens is 446 g/mol. The molecule has 3 heterocycles. The Morgan fingerprint density at radius 2 is 1.97 bits per heavy atom. The molecule has 0 aliphatic carbocycles. The first-order chi connectivity index (χ1) is 14.4. The first kappa shape index (κ1) is 19.7. The number of sulfonamides is 1. The summed E-state index contributed by atoms with van der Waals surface area (Å²) in [4.78, 5) is 16.2. The van der Waals surface area contributed by atoms with Crippen molar-refractivity contribution in [2.75, 3.05) is 25.0 Å². The van der Waals surface area contributed by atoms with E-state index in [1.165, 1.54) is 16.4 Å². The van der Waals surface area contributed by atoms with Crippen LogP contribution < -0.4 is 10.1 Å². The number of carbonyl (C=O) groups excluding carboxylic acids is 1. The Morgan fingerprint density at radius 3 is 2.73 bits per heavy atom. The Kier molecular flexibility index (Phi) is 4.93. The van der Waals surface area contributed by atoms with E-state index in [0.29, 0.717) is 37.4 Å². The van der Waals surface area contributed by atoms with Gasteiger partial charge in [-0.25, -0.2) is 13.4 Å². The van der Waals surface area contributed by atoms with Gasteiger partial charge >= 0.3 is 0 Å². The highest BCUT2D eigenvalue weighted by molar-refractivity contribution is 7.89. The number of amides is 1. The Morgan fingerprint density at radius 1 is 1.20 bits per heavy atom. The summed E-state index contributed by atoms with van der Waals surface area (Å²) in [6.07, 6.45) is 1.41. The normalized spacial score (nSPS) is 18.1. The van der Waals surface area contributed by atoms with Crippen molar-refractivity contribution in [1.82, 2.24) is 9.29 Å². The lowest BCUT2D eigenvalue weighted by molar-refractivity contribution is -0.118. The smallest absolute Gasteiger partial charge is 0.262 e. The van der Waals surface area contributed by atoms with Crippen molar-refractivity contribution in [3.05, 3.63) is 46.4 Å². The maximum Gasteiger partial charge on any atom is 0.262 e. The predicted octanol–water partition coefficient (Wildman–Crippen LogP) is 3.85. The van der Waals surface area contributed by atoms with Crippen LogP contribution in [-0.2, 0) is 14.8 Å². The van der Waals surface area contributed by atoms with Crippen LogP contribution in [0.25, 0.3) is 10.2 Å². The summed E-state index contributed by atoms with van der Waals surface area (Å²) >= 11 is 7.94. The number of nitrogens with zero attached hydrogens (tertiary/aromatic N) is 2. The number of rotatable bonds is 3. The first-order valence-electron chi connectivity index (χ1n) is 9.53. The first-order valence-corrected chi connectivity index (χ1v) is 12.2. The van der Waals surface area contributed by atoms with E-state index in [1.807, 2.05) is 18.2 Å². The maximum atomic E-state index is 13.2. The van der Waals surface area contributed by atoms with Crippen LogP contribution in [0.1, 0.15) is 23.8 Å². The van der Waals surface area contributed by atoms with E-state index in [-0.39, 0.29) is 28.4 Å². The monoisotopic (exact) mass is 463 g/mol. The quantitative estimate of drug-likeness (QED) is 0.637. The van der Waals surface area contributed by atoms with Gasteiger partial charge in [0.2, 0.25) is 10.0 Å². The molecule has 10 heteroatoms. The molecule has 3 aromatic rings. The van der Waals surface area contributed by atoms with Gasteiger partial charge in [-0.3, -0.25) is 4.79 Å². The highest BCUT2D eigenvalue weighted by Gasteiger charge is 2.33. The number of piperidine rings is 1. The van der Waals surface area contributed by atoms with Gasteiger partial charge in [-0.15, -0.1) is 11.3 Å². The van der Waals surface area contributed by atoms with Crippen LogP contribution in [-0.4, -0.2) is 43.3 Å². The van der Waals surface area contributed by atoms with Crippen LogP contribution in [0.4, 0.5) is 5.69 Å². The summed E-state index contributed by atoms with van der Waals surface area (Å²) in [5, 5.41) is 3.75. The molecule has 0 radical (unpaired) electrons. The molecule has 2 aromatic carbocycles. The number of ether oxygens (including phenoxy) is 1. The third kappa shape index (κ3) is 3.45. The van der Waals surface area contributed by atoms with E-state index in [0.717, 1.165) is 15.2 Å². The molecular formula is C20H18ClN3O4S2. The number of nitrogens with one attached hydrogen (secondary N) is 1. The number of anilines is 1. The number of thiazole rings is 1. The molecule has 2 aliphatic heterocycles. The molecule has 1 fully saturated rings. The van der Waals surface area contributed by atoms with Crippen molar-refractivity contribution < 1.29 is 17.9 Å². The minimum Gasteiger partial charge on any atom is -0.482 e. The second-order valence-corrected chi connectivity index (χ2v) is 10.7. The molecule has 5 rings (SSSR count). The van der Waals surface area contributed by atoms with Crippen LogP contribution in [0.3, 0.4) is 0 Å². The molecule has 0 unspecified atom stereocenters. The zero-order valence-electron chi connectivity index (χ0n) is 15.8. The van der Waals surface area contributed by atoms with Gasteiger partial charge in [-0.05, 0) is 31.0 Å².